The van der Waals surface area contributed by atoms with Gasteiger partial charge in [-0.05, 0) is 0 Å². The van der Waals surface area contributed by atoms with Gasteiger partial charge in [-0.15, -0.1) is 17.7 Å². The molecule has 0 aliphatic rings. The van der Waals surface area contributed by atoms with Crippen LogP contribution >= 0.6 is 0 Å². The molecule has 0 atom stereocenters. The first-order chi connectivity index (χ1) is 15.3. The van der Waals surface area contributed by atoms with Crippen LogP contribution in [0.1, 0.15) is 5.56 Å². The molecule has 5 rings (SSSR count). The van der Waals surface area contributed by atoms with E-state index in [1.165, 1.54) is 5.56 Å². The third-order valence-corrected chi connectivity index (χ3v) is 5.01. The zero-order valence-corrected chi connectivity index (χ0v) is 21.7. The van der Waals surface area contributed by atoms with Crippen molar-refractivity contribution in [3.05, 3.63) is 115 Å². The van der Waals surface area contributed by atoms with Crippen molar-refractivity contribution in [3.8, 4) is 45.3 Å². The van der Waals surface area contributed by atoms with Crippen LogP contribution in [-0.2, 0) is 0 Å². The molecule has 4 heteroatoms. The van der Waals surface area contributed by atoms with E-state index in [9.17, 15) is 0 Å². The average Bonchev–Trinajstić information content (AvgIpc) is 2.85. The van der Waals surface area contributed by atoms with Crippen molar-refractivity contribution in [1.29, 1.82) is 0 Å². The van der Waals surface area contributed by atoms with E-state index in [0.29, 0.717) is 17.5 Å². The molecule has 0 aliphatic heterocycles. The van der Waals surface area contributed by atoms with E-state index in [1.54, 1.807) is 0 Å². The van der Waals surface area contributed by atoms with Crippen molar-refractivity contribution in [2.75, 3.05) is 0 Å². The summed E-state index contributed by atoms with van der Waals surface area (Å²) in [6.07, 6.45) is 0. The van der Waals surface area contributed by atoms with Crippen molar-refractivity contribution < 1.29 is 31.1 Å². The molecule has 0 spiro atoms. The molecule has 0 radical (unpaired) electrons. The van der Waals surface area contributed by atoms with Crippen LogP contribution < -0.4 is 0 Å². The minimum absolute atomic E-state index is 0. The van der Waals surface area contributed by atoms with Gasteiger partial charge in [0, 0.05) is 11.1 Å². The molecule has 1 aromatic heterocycles. The quantitative estimate of drug-likeness (QED) is 0.213. The summed E-state index contributed by atoms with van der Waals surface area (Å²) in [6.45, 7) is 2.07. The second kappa shape index (κ2) is 10.0. The van der Waals surface area contributed by atoms with E-state index < -0.39 is 0 Å². The summed E-state index contributed by atoms with van der Waals surface area (Å²) in [5, 5.41) is 0. The van der Waals surface area contributed by atoms with E-state index in [0.717, 1.165) is 27.8 Å². The summed E-state index contributed by atoms with van der Waals surface area (Å²) < 4.78 is 0. The Morgan fingerprint density at radius 1 is 0.531 bits per heavy atom. The van der Waals surface area contributed by atoms with E-state index in [1.807, 2.05) is 84.9 Å². The number of nitrogens with zero attached hydrogens (tertiary/aromatic N) is 3. The van der Waals surface area contributed by atoms with Crippen LogP contribution in [0.25, 0.3) is 45.3 Å². The maximum atomic E-state index is 4.81. The second-order valence-corrected chi connectivity index (χ2v) is 7.31. The van der Waals surface area contributed by atoms with Crippen LogP contribution in [-0.4, -0.2) is 15.0 Å². The molecule has 0 saturated heterocycles. The summed E-state index contributed by atoms with van der Waals surface area (Å²) in [6, 6.07) is 38.6. The van der Waals surface area contributed by atoms with Gasteiger partial charge < -0.3 is 0 Å². The summed E-state index contributed by atoms with van der Waals surface area (Å²) in [7, 11) is 0. The third-order valence-electron chi connectivity index (χ3n) is 5.01. The Labute approximate surface area is 212 Å². The number of aryl methyl sites for hydroxylation is 1. The predicted molar refractivity (Wildman–Crippen MR) is 124 cm³/mol. The molecule has 0 fully saturated rings. The van der Waals surface area contributed by atoms with Gasteiger partial charge in [-0.2, -0.15) is 36.4 Å². The number of benzene rings is 4. The van der Waals surface area contributed by atoms with Gasteiger partial charge in [-0.25, -0.2) is 26.1 Å². The Kier molecular flexibility index (Phi) is 6.95. The maximum absolute atomic E-state index is 4.81. The van der Waals surface area contributed by atoms with Crippen LogP contribution in [0.15, 0.2) is 97.1 Å². The summed E-state index contributed by atoms with van der Waals surface area (Å²) in [5.41, 5.74) is 5.98. The number of hydrogen-bond acceptors (Lipinski definition) is 3. The largest absolute Gasteiger partial charge is 2.00 e. The molecule has 3 nitrogen and oxygen atoms in total. The van der Waals surface area contributed by atoms with Gasteiger partial charge in [0.05, 0.1) is 0 Å². The minimum Gasteiger partial charge on any atom is -0.226 e. The fourth-order valence-electron chi connectivity index (χ4n) is 3.43. The van der Waals surface area contributed by atoms with Crippen LogP contribution in [0.2, 0.25) is 0 Å². The Hall–Kier alpha value is -3.06. The first-order valence-electron chi connectivity index (χ1n) is 10.1. The van der Waals surface area contributed by atoms with Gasteiger partial charge in [0.1, 0.15) is 5.82 Å². The molecular weight excluding hydrogens is 616 g/mol. The average molecular weight is 636 g/mol. The monoisotopic (exact) mass is 635 g/mol. The molecule has 0 amide bonds. The zero-order chi connectivity index (χ0) is 21.0. The molecule has 32 heavy (non-hydrogen) atoms. The number of hydrogen-bond donors (Lipinski definition) is 0. The van der Waals surface area contributed by atoms with Gasteiger partial charge in [0.2, 0.25) is 0 Å². The van der Waals surface area contributed by atoms with Crippen LogP contribution in [0.3, 0.4) is 0 Å². The minimum atomic E-state index is 0. The van der Waals surface area contributed by atoms with Crippen LogP contribution in [0, 0.1) is 50.2 Å². The first-order valence-corrected chi connectivity index (χ1v) is 10.1. The van der Waals surface area contributed by atoms with Crippen molar-refractivity contribution in [2.45, 2.75) is 6.92 Å². The Morgan fingerprint density at radius 2 is 1.00 bits per heavy atom. The van der Waals surface area contributed by atoms with E-state index in [-0.39, 0.29) is 31.1 Å². The van der Waals surface area contributed by atoms with Gasteiger partial charge in [0.15, 0.2) is 11.6 Å². The van der Waals surface area contributed by atoms with E-state index in [4.69, 9.17) is 15.0 Å². The Morgan fingerprint density at radius 3 is 1.53 bits per heavy atom. The molecule has 0 bridgehead atoms. The molecule has 5 aromatic rings. The van der Waals surface area contributed by atoms with Crippen molar-refractivity contribution in [1.82, 2.24) is 15.0 Å². The van der Waals surface area contributed by atoms with Gasteiger partial charge in [0.25, 0.3) is 0 Å². The SMILES string of the molecule is Cc1cc[c-]c(-c2[c-]ccc(-c3nc(-c4ccccc4)nc(-c4ccccc4)n3)c2)c1.[U+2]. The molecule has 1 heterocycles. The molecule has 0 saturated carbocycles. The van der Waals surface area contributed by atoms with E-state index >= 15 is 0 Å². The maximum Gasteiger partial charge on any atom is 2.00 e. The van der Waals surface area contributed by atoms with Crippen molar-refractivity contribution in [3.63, 3.8) is 0 Å². The fraction of sp³-hybridized carbons (Fsp3) is 0.0357. The van der Waals surface area contributed by atoms with Crippen LogP contribution in [0.4, 0.5) is 0 Å². The Bertz CT molecular complexity index is 1280. The zero-order valence-electron chi connectivity index (χ0n) is 17.6. The van der Waals surface area contributed by atoms with Gasteiger partial charge in [-0.1, -0.05) is 73.2 Å². The fourth-order valence-corrected chi connectivity index (χ4v) is 3.43. The molecule has 0 unspecified atom stereocenters. The first kappa shape index (κ1) is 22.1. The van der Waals surface area contributed by atoms with Gasteiger partial charge >= 0.3 is 31.1 Å². The predicted octanol–water partition coefficient (Wildman–Crippen LogP) is 6.45. The van der Waals surface area contributed by atoms with Crippen molar-refractivity contribution in [2.24, 2.45) is 0 Å². The topological polar surface area (TPSA) is 38.7 Å². The normalized spacial score (nSPS) is 10.4. The summed E-state index contributed by atoms with van der Waals surface area (Å²) in [4.78, 5) is 14.4. The molecule has 0 N–H and O–H groups in total. The van der Waals surface area contributed by atoms with Crippen molar-refractivity contribution >= 4 is 0 Å². The molecular formula is C28H19N3U. The van der Waals surface area contributed by atoms with Crippen LogP contribution in [0.5, 0.6) is 0 Å². The molecule has 150 valence electrons. The standard InChI is InChI=1S/C28H19N3.U/c1-20-10-8-15-23(18-20)24-16-9-17-25(19-24)28-30-26(21-11-4-2-5-12-21)29-27(31-28)22-13-6-3-7-14-22;/h2-14,17-19H,1H3;/q-2;+2. The van der Waals surface area contributed by atoms with E-state index in [2.05, 4.69) is 31.2 Å². The molecule has 4 aromatic carbocycles. The number of rotatable bonds is 4. The smallest absolute Gasteiger partial charge is 0.226 e. The summed E-state index contributed by atoms with van der Waals surface area (Å²) >= 11 is 0. The Balaban J connectivity index is 0.00000245. The number of aromatic nitrogens is 3. The van der Waals surface area contributed by atoms with Gasteiger partial charge in [-0.3, -0.25) is 0 Å². The molecule has 0 aliphatic carbocycles. The third kappa shape index (κ3) is 4.88. The second-order valence-electron chi connectivity index (χ2n) is 7.31. The summed E-state index contributed by atoms with van der Waals surface area (Å²) in [5.74, 6) is 1.94.